The van der Waals surface area contributed by atoms with Crippen molar-refractivity contribution >= 4 is 0 Å². The molecule has 0 bridgehead atoms. The summed E-state index contributed by atoms with van der Waals surface area (Å²) in [5.41, 5.74) is 1.36. The normalized spacial score (nSPS) is 16.6. The summed E-state index contributed by atoms with van der Waals surface area (Å²) in [5.74, 6) is 2.67. The van der Waals surface area contributed by atoms with Gasteiger partial charge in [-0.1, -0.05) is 49.6 Å². The Labute approximate surface area is 114 Å². The number of H-pyrrole nitrogens is 1. The molecule has 100 valence electrons. The number of hydrogen-bond acceptors (Lipinski definition) is 2. The molecule has 0 spiro atoms. The second-order valence-corrected chi connectivity index (χ2v) is 5.46. The maximum Gasteiger partial charge on any atom is 0.153 e. The van der Waals surface area contributed by atoms with Crippen LogP contribution in [0.5, 0.6) is 0 Å². The highest BCUT2D eigenvalue weighted by Gasteiger charge is 2.19. The molecule has 3 heteroatoms. The summed E-state index contributed by atoms with van der Waals surface area (Å²) in [6.07, 6.45) is 8.54. The van der Waals surface area contributed by atoms with Crippen LogP contribution in [0.25, 0.3) is 0 Å². The Hall–Kier alpha value is -1.64. The molecule has 0 aliphatic heterocycles. The van der Waals surface area contributed by atoms with Crippen LogP contribution in [0.1, 0.15) is 55.2 Å². The molecule has 0 unspecified atom stereocenters. The first kappa shape index (κ1) is 12.4. The number of nitrogens with zero attached hydrogens (tertiary/aromatic N) is 2. The lowest BCUT2D eigenvalue weighted by molar-refractivity contribution is 0.429. The number of hydrogen-bond donors (Lipinski definition) is 1. The lowest BCUT2D eigenvalue weighted by Gasteiger charge is -2.17. The number of aromatic nitrogens is 3. The highest BCUT2D eigenvalue weighted by Crippen LogP contribution is 2.30. The van der Waals surface area contributed by atoms with Gasteiger partial charge in [0.25, 0.3) is 0 Å². The van der Waals surface area contributed by atoms with Crippen molar-refractivity contribution in [1.29, 1.82) is 0 Å². The molecule has 19 heavy (non-hydrogen) atoms. The molecule has 1 aliphatic rings. The van der Waals surface area contributed by atoms with Crippen LogP contribution in [0.3, 0.4) is 0 Å². The lowest BCUT2D eigenvalue weighted by atomic mass is 9.89. The molecule has 3 nitrogen and oxygen atoms in total. The number of benzene rings is 1. The van der Waals surface area contributed by atoms with Gasteiger partial charge in [0.05, 0.1) is 0 Å². The summed E-state index contributed by atoms with van der Waals surface area (Å²) in [5, 5.41) is 7.53. The largest absolute Gasteiger partial charge is 0.263 e. The molecular weight excluding hydrogens is 234 g/mol. The van der Waals surface area contributed by atoms with Gasteiger partial charge in [-0.15, -0.1) is 0 Å². The number of aromatic amines is 1. The van der Waals surface area contributed by atoms with Crippen molar-refractivity contribution in [3.8, 4) is 0 Å². The van der Waals surface area contributed by atoms with Crippen LogP contribution in [0.15, 0.2) is 30.3 Å². The maximum atomic E-state index is 4.68. The van der Waals surface area contributed by atoms with E-state index in [9.17, 15) is 0 Å². The second kappa shape index (κ2) is 6.00. The van der Waals surface area contributed by atoms with E-state index < -0.39 is 0 Å². The van der Waals surface area contributed by atoms with Crippen LogP contribution >= 0.6 is 0 Å². The predicted octanol–water partition coefficient (Wildman–Crippen LogP) is 3.64. The molecule has 1 N–H and O–H groups in total. The van der Waals surface area contributed by atoms with Crippen molar-refractivity contribution in [1.82, 2.24) is 15.2 Å². The predicted molar refractivity (Wildman–Crippen MR) is 76.1 cm³/mol. The third-order valence-corrected chi connectivity index (χ3v) is 4.01. The van der Waals surface area contributed by atoms with E-state index in [1.54, 1.807) is 0 Å². The minimum Gasteiger partial charge on any atom is -0.263 e. The molecular formula is C16H21N3. The molecule has 1 heterocycles. The SMILES string of the molecule is c1ccc(CCc2nc(C3CCCCC3)n[nH]2)cc1. The van der Waals surface area contributed by atoms with Crippen molar-refractivity contribution in [3.63, 3.8) is 0 Å². The molecule has 0 amide bonds. The van der Waals surface area contributed by atoms with Gasteiger partial charge in [-0.3, -0.25) is 5.10 Å². The van der Waals surface area contributed by atoms with Crippen LogP contribution in [-0.2, 0) is 12.8 Å². The molecule has 1 saturated carbocycles. The average Bonchev–Trinajstić information content (AvgIpc) is 2.96. The highest BCUT2D eigenvalue weighted by molar-refractivity contribution is 5.15. The minimum absolute atomic E-state index is 0.593. The molecule has 1 aliphatic carbocycles. The topological polar surface area (TPSA) is 41.6 Å². The Bertz CT molecular complexity index is 498. The molecule has 0 atom stereocenters. The minimum atomic E-state index is 0.593. The zero-order chi connectivity index (χ0) is 12.9. The molecule has 2 aromatic rings. The second-order valence-electron chi connectivity index (χ2n) is 5.46. The summed E-state index contributed by atoms with van der Waals surface area (Å²) in [6, 6.07) is 10.6. The summed E-state index contributed by atoms with van der Waals surface area (Å²) in [7, 11) is 0. The average molecular weight is 255 g/mol. The molecule has 1 aromatic heterocycles. The molecule has 0 saturated heterocycles. The van der Waals surface area contributed by atoms with Crippen LogP contribution in [0.4, 0.5) is 0 Å². The smallest absolute Gasteiger partial charge is 0.153 e. The van der Waals surface area contributed by atoms with Crippen LogP contribution in [0, 0.1) is 0 Å². The van der Waals surface area contributed by atoms with Gasteiger partial charge in [0.1, 0.15) is 5.82 Å². The van der Waals surface area contributed by atoms with Crippen molar-refractivity contribution in [2.24, 2.45) is 0 Å². The van der Waals surface area contributed by atoms with E-state index in [-0.39, 0.29) is 0 Å². The van der Waals surface area contributed by atoms with Gasteiger partial charge in [0.2, 0.25) is 0 Å². The van der Waals surface area contributed by atoms with Crippen LogP contribution < -0.4 is 0 Å². The van der Waals surface area contributed by atoms with E-state index in [2.05, 4.69) is 45.5 Å². The molecule has 1 fully saturated rings. The Morgan fingerprint density at radius 1 is 1.00 bits per heavy atom. The van der Waals surface area contributed by atoms with Crippen molar-refractivity contribution < 1.29 is 0 Å². The number of nitrogens with one attached hydrogen (secondary N) is 1. The Balaban J connectivity index is 1.58. The van der Waals surface area contributed by atoms with Gasteiger partial charge in [-0.2, -0.15) is 5.10 Å². The highest BCUT2D eigenvalue weighted by atomic mass is 15.2. The van der Waals surface area contributed by atoms with Crippen molar-refractivity contribution in [3.05, 3.63) is 47.5 Å². The monoisotopic (exact) mass is 255 g/mol. The van der Waals surface area contributed by atoms with E-state index in [1.165, 1.54) is 37.7 Å². The van der Waals surface area contributed by atoms with Gasteiger partial charge in [0.15, 0.2) is 5.82 Å². The Morgan fingerprint density at radius 3 is 2.58 bits per heavy atom. The van der Waals surface area contributed by atoms with Gasteiger partial charge in [-0.05, 0) is 24.8 Å². The van der Waals surface area contributed by atoms with E-state index >= 15 is 0 Å². The van der Waals surface area contributed by atoms with E-state index in [1.807, 2.05) is 0 Å². The fraction of sp³-hybridized carbons (Fsp3) is 0.500. The standard InChI is InChI=1S/C16H21N3/c1-3-7-13(8-4-1)11-12-15-17-16(19-18-15)14-9-5-2-6-10-14/h1,3-4,7-8,14H,2,5-6,9-12H2,(H,17,18,19). The quantitative estimate of drug-likeness (QED) is 0.906. The first-order valence-corrected chi connectivity index (χ1v) is 7.37. The Kier molecular flexibility index (Phi) is 3.92. The summed E-state index contributed by atoms with van der Waals surface area (Å²) < 4.78 is 0. The third-order valence-electron chi connectivity index (χ3n) is 4.01. The third kappa shape index (κ3) is 3.22. The Morgan fingerprint density at radius 2 is 1.79 bits per heavy atom. The van der Waals surface area contributed by atoms with E-state index in [4.69, 9.17) is 0 Å². The number of aryl methyl sites for hydroxylation is 2. The fourth-order valence-corrected chi connectivity index (χ4v) is 2.87. The zero-order valence-corrected chi connectivity index (χ0v) is 11.3. The van der Waals surface area contributed by atoms with Gasteiger partial charge >= 0.3 is 0 Å². The lowest BCUT2D eigenvalue weighted by Crippen LogP contribution is -2.06. The molecule has 0 radical (unpaired) electrons. The maximum absolute atomic E-state index is 4.68. The van der Waals surface area contributed by atoms with E-state index in [0.717, 1.165) is 24.5 Å². The first-order chi connectivity index (χ1) is 9.42. The fourth-order valence-electron chi connectivity index (χ4n) is 2.87. The summed E-state index contributed by atoms with van der Waals surface area (Å²) in [6.45, 7) is 0. The molecule has 3 rings (SSSR count). The zero-order valence-electron chi connectivity index (χ0n) is 11.3. The van der Waals surface area contributed by atoms with Crippen LogP contribution in [-0.4, -0.2) is 15.2 Å². The number of rotatable bonds is 4. The summed E-state index contributed by atoms with van der Waals surface area (Å²) in [4.78, 5) is 4.68. The first-order valence-electron chi connectivity index (χ1n) is 7.37. The van der Waals surface area contributed by atoms with Crippen LogP contribution in [0.2, 0.25) is 0 Å². The van der Waals surface area contributed by atoms with Gasteiger partial charge < -0.3 is 0 Å². The van der Waals surface area contributed by atoms with Crippen molar-refractivity contribution in [2.75, 3.05) is 0 Å². The summed E-state index contributed by atoms with van der Waals surface area (Å²) >= 11 is 0. The van der Waals surface area contributed by atoms with E-state index in [0.29, 0.717) is 5.92 Å². The molecule has 1 aromatic carbocycles. The van der Waals surface area contributed by atoms with Gasteiger partial charge in [-0.25, -0.2) is 4.98 Å². The van der Waals surface area contributed by atoms with Crippen molar-refractivity contribution in [2.45, 2.75) is 50.9 Å². The van der Waals surface area contributed by atoms with Gasteiger partial charge in [0, 0.05) is 12.3 Å².